The van der Waals surface area contributed by atoms with Crippen LogP contribution in [-0.4, -0.2) is 184 Å². The molecule has 0 bridgehead atoms. The Labute approximate surface area is 522 Å². The fourth-order valence-electron chi connectivity index (χ4n) is 11.8. The number of fused-ring (bicyclic) bond motifs is 3. The van der Waals surface area contributed by atoms with Crippen LogP contribution in [0, 0.1) is 0 Å². The Hall–Kier alpha value is -6.40. The molecule has 10 atom stereocenters. The van der Waals surface area contributed by atoms with E-state index in [1.807, 2.05) is 0 Å². The van der Waals surface area contributed by atoms with Crippen LogP contribution in [0.25, 0.3) is 11.1 Å². The Balaban J connectivity index is 0.933. The third kappa shape index (κ3) is 17.1. The summed E-state index contributed by atoms with van der Waals surface area (Å²) in [6.45, 7) is 7.98. The smallest absolute Gasteiger partial charge is 0.339 e. The second-order valence-electron chi connectivity index (χ2n) is 21.7. The van der Waals surface area contributed by atoms with E-state index in [1.54, 1.807) is 31.5 Å². The van der Waals surface area contributed by atoms with E-state index in [0.29, 0.717) is 24.6 Å². The first kappa shape index (κ1) is 68.1. The van der Waals surface area contributed by atoms with Gasteiger partial charge in [-0.15, -0.1) is 10.7 Å². The molecule has 2 aromatic carbocycles. The van der Waals surface area contributed by atoms with E-state index in [-0.39, 0.29) is 18.6 Å². The lowest BCUT2D eigenvalue weighted by Gasteiger charge is -2.47. The van der Waals surface area contributed by atoms with Crippen LogP contribution in [-0.2, 0) is 101 Å². The van der Waals surface area contributed by atoms with Gasteiger partial charge in [0.2, 0.25) is 0 Å². The van der Waals surface area contributed by atoms with Gasteiger partial charge >= 0.3 is 47.8 Å². The van der Waals surface area contributed by atoms with Gasteiger partial charge in [-0.3, -0.25) is 43.8 Å². The summed E-state index contributed by atoms with van der Waals surface area (Å²) < 4.78 is 70.0. The summed E-state index contributed by atoms with van der Waals surface area (Å²) in [7, 11) is 5.66. The lowest BCUT2D eigenvalue weighted by Crippen LogP contribution is -2.68. The van der Waals surface area contributed by atoms with Crippen molar-refractivity contribution in [2.24, 2.45) is 0 Å². The first-order chi connectivity index (χ1) is 41.5. The van der Waals surface area contributed by atoms with Gasteiger partial charge in [-0.2, -0.15) is 0 Å². The minimum atomic E-state index is -1.57. The highest BCUT2D eigenvalue weighted by Crippen LogP contribution is 2.55. The normalized spacial score (nSPS) is 24.6. The van der Waals surface area contributed by atoms with Crippen LogP contribution in [0.15, 0.2) is 69.1 Å². The quantitative estimate of drug-likeness (QED) is 0.0577. The lowest BCUT2D eigenvalue weighted by atomic mass is 9.70. The van der Waals surface area contributed by atoms with E-state index >= 15 is 0 Å². The van der Waals surface area contributed by atoms with Gasteiger partial charge in [0.05, 0.1) is 38.8 Å². The molecule has 478 valence electrons. The number of ether oxygens (including phenoxy) is 12. The molecule has 2 fully saturated rings. The Morgan fingerprint density at radius 2 is 0.943 bits per heavy atom. The maximum absolute atomic E-state index is 13.1. The molecule has 2 saturated heterocycles. The fraction of sp³-hybridized carbons (Fsp3) is 0.593. The average Bonchev–Trinajstić information content (AvgIpc) is 1.63. The molecule has 87 heavy (non-hydrogen) atoms. The Morgan fingerprint density at radius 1 is 0.529 bits per heavy atom. The molecule has 7 rings (SSSR count). The first-order valence-electron chi connectivity index (χ1n) is 28.7. The molecule has 26 nitrogen and oxygen atoms in total. The zero-order valence-electron chi connectivity index (χ0n) is 50.5. The van der Waals surface area contributed by atoms with Crippen molar-refractivity contribution >= 4 is 79.6 Å². The highest BCUT2D eigenvalue weighted by molar-refractivity contribution is 9.10. The molecule has 0 radical (unpaired) electrons. The summed E-state index contributed by atoms with van der Waals surface area (Å²) in [5, 5.41) is 6.18. The number of halogens is 2. The average molecular weight is 1350 g/mol. The number of nitrogens with zero attached hydrogens (tertiary/aromatic N) is 4. The van der Waals surface area contributed by atoms with E-state index in [9.17, 15) is 38.4 Å². The molecule has 4 aliphatic heterocycles. The van der Waals surface area contributed by atoms with Crippen LogP contribution in [0.3, 0.4) is 0 Å². The van der Waals surface area contributed by atoms with Crippen molar-refractivity contribution in [1.29, 1.82) is 0 Å². The third-order valence-corrected chi connectivity index (χ3v) is 16.1. The van der Waals surface area contributed by atoms with Crippen LogP contribution < -0.4 is 11.0 Å². The second-order valence-corrected chi connectivity index (χ2v) is 23.5. The van der Waals surface area contributed by atoms with Gasteiger partial charge in [0, 0.05) is 95.6 Å². The Kier molecular flexibility index (Phi) is 24.4. The number of hydrogen-bond donors (Lipinski definition) is 2. The maximum Gasteiger partial charge on any atom is 0.339 e. The van der Waals surface area contributed by atoms with Gasteiger partial charge in [0.15, 0.2) is 61.3 Å². The number of carbonyl (C=O) groups is 8. The van der Waals surface area contributed by atoms with Crippen molar-refractivity contribution in [1.82, 2.24) is 31.1 Å². The van der Waals surface area contributed by atoms with Crippen molar-refractivity contribution in [2.45, 2.75) is 172 Å². The monoisotopic (exact) mass is 1350 g/mol. The molecule has 10 unspecified atom stereocenters. The van der Waals surface area contributed by atoms with Gasteiger partial charge in [-0.05, 0) is 72.2 Å². The van der Waals surface area contributed by atoms with Crippen molar-refractivity contribution in [2.75, 3.05) is 54.7 Å². The molecule has 28 heteroatoms. The summed E-state index contributed by atoms with van der Waals surface area (Å²) in [4.78, 5) is 100. The summed E-state index contributed by atoms with van der Waals surface area (Å²) in [5.74, 6) is -6.43. The number of esters is 8. The highest BCUT2D eigenvalue weighted by Gasteiger charge is 2.59. The summed E-state index contributed by atoms with van der Waals surface area (Å²) in [5.41, 5.74) is 12.3. The molecule has 4 heterocycles. The van der Waals surface area contributed by atoms with Crippen LogP contribution in [0.2, 0.25) is 0 Å². The van der Waals surface area contributed by atoms with Crippen LogP contribution in [0.1, 0.15) is 117 Å². The fourth-order valence-corrected chi connectivity index (χ4v) is 12.5. The molecule has 0 saturated carbocycles. The highest BCUT2D eigenvalue weighted by atomic mass is 79.9. The molecular weight excluding hydrogens is 1270 g/mol. The standard InChI is InChI=1S/C59H78Br2N6O20/c1-33(68)80-47-49(82-35(3)70)53(57(74)76-9)86-55(51(47)84-37(5)72)66-29-41(62-65(66)8)31-78-25-17-13-11-15-23-59(45-27-39(60)19-21-43(45)44-22-20-40(61)28-46(44)59)24-16-12-14-18-26-79-32-42-30-64(7)63-67(42)56-52(85-38(6)73)48(81-34(2)69)50(83-36(4)71)54(87-56)58(75)77-10/h19-22,27-30,47-56,62-63H,11-18,23-26,31-32H2,1-10H3. The molecule has 0 amide bonds. The number of methoxy groups -OCH3 is 2. The molecule has 0 spiro atoms. The minimum Gasteiger partial charge on any atom is -0.467 e. The van der Waals surface area contributed by atoms with Gasteiger partial charge in [-0.25, -0.2) is 9.59 Å². The van der Waals surface area contributed by atoms with Crippen LogP contribution in [0.4, 0.5) is 0 Å². The first-order valence-corrected chi connectivity index (χ1v) is 30.3. The zero-order chi connectivity index (χ0) is 63.3. The van der Waals surface area contributed by atoms with Crippen molar-refractivity contribution in [3.05, 3.63) is 80.3 Å². The predicted octanol–water partition coefficient (Wildman–Crippen LogP) is 5.82. The van der Waals surface area contributed by atoms with Crippen molar-refractivity contribution in [3.8, 4) is 11.1 Å². The number of rotatable bonds is 28. The number of unbranched alkanes of at least 4 members (excludes halogenated alkanes) is 6. The van der Waals surface area contributed by atoms with E-state index < -0.39 is 109 Å². The number of hydrazine groups is 4. The third-order valence-electron chi connectivity index (χ3n) is 15.2. The largest absolute Gasteiger partial charge is 0.467 e. The zero-order valence-corrected chi connectivity index (χ0v) is 53.7. The van der Waals surface area contributed by atoms with E-state index in [0.717, 1.165) is 115 Å². The molecule has 2 aromatic rings. The number of carbonyl (C=O) groups excluding carboxylic acids is 8. The van der Waals surface area contributed by atoms with Crippen molar-refractivity contribution in [3.63, 3.8) is 0 Å². The lowest BCUT2D eigenvalue weighted by molar-refractivity contribution is -0.287. The van der Waals surface area contributed by atoms with Crippen LogP contribution in [0.5, 0.6) is 0 Å². The molecule has 1 aliphatic carbocycles. The Bertz CT molecular complexity index is 2840. The minimum absolute atomic E-state index is 0.0821. The van der Waals surface area contributed by atoms with Gasteiger partial charge < -0.3 is 62.3 Å². The summed E-state index contributed by atoms with van der Waals surface area (Å²) in [6.07, 6.45) is -1.84. The number of benzene rings is 2. The molecule has 5 aliphatic rings. The molecule has 0 aromatic heterocycles. The van der Waals surface area contributed by atoms with Crippen LogP contribution >= 0.6 is 31.9 Å². The van der Waals surface area contributed by atoms with E-state index in [4.69, 9.17) is 56.8 Å². The molecular formula is C59H78Br2N6O20. The SMILES string of the molecule is COC(=O)C1OC(N2NN(C)C=C2COCCCCCCC2(CCCCCCOCC3=CN(C4OC(C(=O)OC)C(OC(C)=O)C(OC(C)=O)C4OC(C)=O)N(C)N3)c3cc(Br)ccc3-c3ccc(Br)cc32)C(OC(C)=O)C(OC(C)=O)C1OC(C)=O. The van der Waals surface area contributed by atoms with Gasteiger partial charge in [0.25, 0.3) is 0 Å². The predicted molar refractivity (Wildman–Crippen MR) is 312 cm³/mol. The number of nitrogens with one attached hydrogen (secondary N) is 2. The van der Waals surface area contributed by atoms with E-state index in [1.165, 1.54) is 51.2 Å². The van der Waals surface area contributed by atoms with Gasteiger partial charge in [0.1, 0.15) is 0 Å². The second kappa shape index (κ2) is 31.2. The van der Waals surface area contributed by atoms with Gasteiger partial charge in [-0.1, -0.05) is 82.5 Å². The van der Waals surface area contributed by atoms with E-state index in [2.05, 4.69) is 79.2 Å². The summed E-state index contributed by atoms with van der Waals surface area (Å²) >= 11 is 7.57. The molecule has 2 N–H and O–H groups in total. The number of hydrogen-bond acceptors (Lipinski definition) is 26. The maximum atomic E-state index is 13.1. The topological polar surface area (TPSA) is 284 Å². The summed E-state index contributed by atoms with van der Waals surface area (Å²) in [6, 6.07) is 13.1. The van der Waals surface area contributed by atoms with Crippen molar-refractivity contribution < 1.29 is 95.2 Å². The Morgan fingerprint density at radius 3 is 1.40 bits per heavy atom.